The van der Waals surface area contributed by atoms with E-state index in [1.807, 2.05) is 0 Å². The quantitative estimate of drug-likeness (QED) is 0.756. The van der Waals surface area contributed by atoms with Crippen LogP contribution < -0.4 is 5.32 Å². The average molecular weight is 447 g/mol. The highest BCUT2D eigenvalue weighted by Gasteiger charge is 2.32. The molecule has 1 saturated heterocycles. The lowest BCUT2D eigenvalue weighted by Gasteiger charge is -2.30. The number of hydrogen-bond donors (Lipinski definition) is 1. The summed E-state index contributed by atoms with van der Waals surface area (Å²) in [7, 11) is -3.83. The maximum Gasteiger partial charge on any atom is 0.227 e. The minimum absolute atomic E-state index is 0.0316. The molecule has 1 heterocycles. The Balaban J connectivity index is 1.61. The molecule has 3 rings (SSSR count). The number of anilines is 1. The number of sulfonamides is 1. The molecule has 0 bridgehead atoms. The van der Waals surface area contributed by atoms with E-state index in [0.717, 1.165) is 18.2 Å². The van der Waals surface area contributed by atoms with Gasteiger partial charge in [0.15, 0.2) is 0 Å². The number of amides is 1. The number of benzene rings is 2. The summed E-state index contributed by atoms with van der Waals surface area (Å²) in [5.41, 5.74) is -0.235. The largest absolute Gasteiger partial charge is 0.323 e. The van der Waals surface area contributed by atoms with Gasteiger partial charge in [0.05, 0.1) is 11.4 Å². The Morgan fingerprint density at radius 2 is 1.79 bits per heavy atom. The van der Waals surface area contributed by atoms with Crippen molar-refractivity contribution in [2.45, 2.75) is 18.6 Å². The van der Waals surface area contributed by atoms with Gasteiger partial charge in [0.1, 0.15) is 17.5 Å². The highest BCUT2D eigenvalue weighted by molar-refractivity contribution is 7.88. The molecule has 1 aliphatic heterocycles. The second kappa shape index (κ2) is 8.73. The van der Waals surface area contributed by atoms with E-state index in [2.05, 4.69) is 5.32 Å². The first-order valence-corrected chi connectivity index (χ1v) is 10.8. The van der Waals surface area contributed by atoms with Crippen LogP contribution >= 0.6 is 11.6 Å². The van der Waals surface area contributed by atoms with Crippen molar-refractivity contribution in [3.8, 4) is 0 Å². The summed E-state index contributed by atoms with van der Waals surface area (Å²) < 4.78 is 67.0. The number of halogens is 4. The summed E-state index contributed by atoms with van der Waals surface area (Å²) >= 11 is 5.91. The molecule has 156 valence electrons. The molecule has 0 aromatic heterocycles. The Morgan fingerprint density at radius 1 is 1.10 bits per heavy atom. The molecular formula is C19H18ClF3N2O3S. The van der Waals surface area contributed by atoms with Gasteiger partial charge in [-0.15, -0.1) is 0 Å². The smallest absolute Gasteiger partial charge is 0.227 e. The Hall–Kier alpha value is -2.10. The molecule has 1 N–H and O–H groups in total. The molecule has 0 atom stereocenters. The minimum Gasteiger partial charge on any atom is -0.323 e. The molecule has 10 heteroatoms. The van der Waals surface area contributed by atoms with Crippen LogP contribution in [0.15, 0.2) is 36.4 Å². The second-order valence-electron chi connectivity index (χ2n) is 6.74. The molecule has 0 radical (unpaired) electrons. The first-order chi connectivity index (χ1) is 13.7. The normalized spacial score (nSPS) is 16.0. The van der Waals surface area contributed by atoms with E-state index in [4.69, 9.17) is 11.6 Å². The van der Waals surface area contributed by atoms with Crippen molar-refractivity contribution in [2.24, 2.45) is 5.92 Å². The lowest BCUT2D eigenvalue weighted by molar-refractivity contribution is -0.120. The maximum atomic E-state index is 13.9. The molecule has 29 heavy (non-hydrogen) atoms. The topological polar surface area (TPSA) is 66.5 Å². The minimum atomic E-state index is -3.83. The fourth-order valence-electron chi connectivity index (χ4n) is 3.17. The van der Waals surface area contributed by atoms with E-state index in [0.29, 0.717) is 6.07 Å². The van der Waals surface area contributed by atoms with Crippen LogP contribution in [-0.4, -0.2) is 31.7 Å². The number of carbonyl (C=O) groups is 1. The Kier molecular flexibility index (Phi) is 6.50. The van der Waals surface area contributed by atoms with Crippen LogP contribution in [0.25, 0.3) is 0 Å². The predicted molar refractivity (Wildman–Crippen MR) is 103 cm³/mol. The van der Waals surface area contributed by atoms with Crippen molar-refractivity contribution in [1.29, 1.82) is 0 Å². The van der Waals surface area contributed by atoms with Gasteiger partial charge in [-0.2, -0.15) is 0 Å². The first kappa shape index (κ1) is 21.6. The van der Waals surface area contributed by atoms with Gasteiger partial charge in [-0.05, 0) is 37.1 Å². The monoisotopic (exact) mass is 446 g/mol. The van der Waals surface area contributed by atoms with Gasteiger partial charge in [-0.3, -0.25) is 4.79 Å². The highest BCUT2D eigenvalue weighted by atomic mass is 35.5. The van der Waals surface area contributed by atoms with Crippen molar-refractivity contribution >= 4 is 33.2 Å². The number of hydrogen-bond acceptors (Lipinski definition) is 3. The first-order valence-electron chi connectivity index (χ1n) is 8.84. The van der Waals surface area contributed by atoms with Crippen LogP contribution in [0.1, 0.15) is 18.4 Å². The highest BCUT2D eigenvalue weighted by Crippen LogP contribution is 2.27. The van der Waals surface area contributed by atoms with E-state index >= 15 is 0 Å². The summed E-state index contributed by atoms with van der Waals surface area (Å²) in [6.07, 6.45) is 0.442. The second-order valence-corrected chi connectivity index (χ2v) is 9.12. The van der Waals surface area contributed by atoms with Crippen LogP contribution in [0.3, 0.4) is 0 Å². The van der Waals surface area contributed by atoms with Gasteiger partial charge in [0, 0.05) is 35.7 Å². The number of nitrogens with one attached hydrogen (secondary N) is 1. The molecule has 0 spiro atoms. The molecule has 1 fully saturated rings. The number of piperidine rings is 1. The standard InChI is InChI=1S/C19H18ClF3N2O3S/c20-15-2-1-3-16(22)14(15)11-29(27,28)25-8-6-12(7-9-25)19(26)24-18-5-4-13(21)10-17(18)23/h1-5,10,12H,6-9,11H2,(H,24,26). The van der Waals surface area contributed by atoms with Gasteiger partial charge in [-0.1, -0.05) is 17.7 Å². The molecule has 1 amide bonds. The number of carbonyl (C=O) groups excluding carboxylic acids is 1. The van der Waals surface area contributed by atoms with Crippen LogP contribution in [0.5, 0.6) is 0 Å². The van der Waals surface area contributed by atoms with E-state index in [9.17, 15) is 26.4 Å². The fraction of sp³-hybridized carbons (Fsp3) is 0.316. The fourth-order valence-corrected chi connectivity index (χ4v) is 5.08. The van der Waals surface area contributed by atoms with Crippen LogP contribution in [-0.2, 0) is 20.6 Å². The summed E-state index contributed by atoms with van der Waals surface area (Å²) in [6.45, 7) is 0.136. The molecule has 2 aromatic carbocycles. The molecular weight excluding hydrogens is 429 g/mol. The van der Waals surface area contributed by atoms with Gasteiger partial charge in [0.25, 0.3) is 0 Å². The van der Waals surface area contributed by atoms with E-state index in [-0.39, 0.29) is 42.2 Å². The van der Waals surface area contributed by atoms with E-state index < -0.39 is 45.1 Å². The summed E-state index contributed by atoms with van der Waals surface area (Å²) in [4.78, 5) is 12.3. The van der Waals surface area contributed by atoms with Crippen molar-refractivity contribution in [3.63, 3.8) is 0 Å². The lowest BCUT2D eigenvalue weighted by Crippen LogP contribution is -2.42. The Bertz CT molecular complexity index is 1010. The predicted octanol–water partition coefficient (Wildman–Crippen LogP) is 3.94. The van der Waals surface area contributed by atoms with Crippen LogP contribution in [0.4, 0.5) is 18.9 Å². The zero-order valence-corrected chi connectivity index (χ0v) is 16.7. The maximum absolute atomic E-state index is 13.9. The number of rotatable bonds is 5. The van der Waals surface area contributed by atoms with E-state index in [1.165, 1.54) is 16.4 Å². The Morgan fingerprint density at radius 3 is 2.41 bits per heavy atom. The van der Waals surface area contributed by atoms with Crippen LogP contribution in [0.2, 0.25) is 5.02 Å². The third-order valence-electron chi connectivity index (χ3n) is 4.80. The van der Waals surface area contributed by atoms with Crippen LogP contribution in [0, 0.1) is 23.4 Å². The summed E-state index contributed by atoms with van der Waals surface area (Å²) in [5.74, 6) is -3.91. The Labute approximate surface area is 171 Å². The molecule has 2 aromatic rings. The summed E-state index contributed by atoms with van der Waals surface area (Å²) in [6, 6.07) is 6.77. The van der Waals surface area contributed by atoms with Gasteiger partial charge in [-0.25, -0.2) is 25.9 Å². The zero-order chi connectivity index (χ0) is 21.2. The van der Waals surface area contributed by atoms with Crippen molar-refractivity contribution in [1.82, 2.24) is 4.31 Å². The lowest BCUT2D eigenvalue weighted by atomic mass is 9.97. The molecule has 0 saturated carbocycles. The van der Waals surface area contributed by atoms with Gasteiger partial charge in [0.2, 0.25) is 15.9 Å². The third-order valence-corrected chi connectivity index (χ3v) is 6.96. The van der Waals surface area contributed by atoms with Gasteiger partial charge >= 0.3 is 0 Å². The van der Waals surface area contributed by atoms with E-state index in [1.54, 1.807) is 0 Å². The average Bonchev–Trinajstić information content (AvgIpc) is 2.67. The van der Waals surface area contributed by atoms with Crippen molar-refractivity contribution < 1.29 is 26.4 Å². The molecule has 5 nitrogen and oxygen atoms in total. The zero-order valence-electron chi connectivity index (χ0n) is 15.2. The third kappa shape index (κ3) is 5.09. The SMILES string of the molecule is O=C(Nc1ccc(F)cc1F)C1CCN(S(=O)(=O)Cc2c(F)cccc2Cl)CC1. The van der Waals surface area contributed by atoms with Gasteiger partial charge < -0.3 is 5.32 Å². The number of nitrogens with zero attached hydrogens (tertiary/aromatic N) is 1. The molecule has 0 unspecified atom stereocenters. The molecule has 0 aliphatic carbocycles. The summed E-state index contributed by atoms with van der Waals surface area (Å²) in [5, 5.41) is 2.43. The molecule has 1 aliphatic rings. The van der Waals surface area contributed by atoms with Crippen molar-refractivity contribution in [2.75, 3.05) is 18.4 Å². The van der Waals surface area contributed by atoms with Crippen molar-refractivity contribution in [3.05, 3.63) is 64.4 Å².